The van der Waals surface area contributed by atoms with E-state index < -0.39 is 11.6 Å². The van der Waals surface area contributed by atoms with E-state index in [2.05, 4.69) is 15.1 Å². The summed E-state index contributed by atoms with van der Waals surface area (Å²) >= 11 is 0. The number of pyridine rings is 1. The largest absolute Gasteiger partial charge is 0.405 e. The lowest BCUT2D eigenvalue weighted by molar-refractivity contribution is -0.191. The molecule has 1 fully saturated rings. The molecule has 112 valence electrons. The summed E-state index contributed by atoms with van der Waals surface area (Å²) in [4.78, 5) is 9.50. The first-order chi connectivity index (χ1) is 9.92. The van der Waals surface area contributed by atoms with Crippen molar-refractivity contribution in [3.63, 3.8) is 0 Å². The van der Waals surface area contributed by atoms with Crippen LogP contribution < -0.4 is 4.90 Å². The van der Waals surface area contributed by atoms with Crippen molar-refractivity contribution in [3.05, 3.63) is 36.1 Å². The molecule has 0 N–H and O–H groups in total. The van der Waals surface area contributed by atoms with Crippen LogP contribution in [-0.2, 0) is 5.41 Å². The first-order valence-corrected chi connectivity index (χ1v) is 6.46. The van der Waals surface area contributed by atoms with Gasteiger partial charge in [-0.2, -0.15) is 18.2 Å². The van der Waals surface area contributed by atoms with Gasteiger partial charge in [0.25, 0.3) is 0 Å². The van der Waals surface area contributed by atoms with Gasteiger partial charge in [0, 0.05) is 19.3 Å². The van der Waals surface area contributed by atoms with Crippen LogP contribution in [0, 0.1) is 6.92 Å². The maximum atomic E-state index is 13.6. The molecular formula is C13H13F3N4O. The predicted molar refractivity (Wildman–Crippen MR) is 67.8 cm³/mol. The molecule has 0 amide bonds. The van der Waals surface area contributed by atoms with E-state index in [0.717, 1.165) is 0 Å². The van der Waals surface area contributed by atoms with E-state index in [1.54, 1.807) is 29.3 Å². The second-order valence-electron chi connectivity index (χ2n) is 5.09. The zero-order valence-electron chi connectivity index (χ0n) is 11.3. The van der Waals surface area contributed by atoms with Crippen molar-refractivity contribution in [1.82, 2.24) is 15.1 Å². The highest BCUT2D eigenvalue weighted by atomic mass is 19.4. The molecule has 0 spiro atoms. The number of halogens is 3. The van der Waals surface area contributed by atoms with Crippen LogP contribution in [0.15, 0.2) is 28.9 Å². The average Bonchev–Trinajstić information content (AvgIpc) is 3.06. The second-order valence-corrected chi connectivity index (χ2v) is 5.09. The van der Waals surface area contributed by atoms with E-state index >= 15 is 0 Å². The van der Waals surface area contributed by atoms with Gasteiger partial charge in [-0.1, -0.05) is 11.2 Å². The van der Waals surface area contributed by atoms with Crippen molar-refractivity contribution >= 4 is 5.82 Å². The van der Waals surface area contributed by atoms with E-state index in [0.29, 0.717) is 5.82 Å². The van der Waals surface area contributed by atoms with Crippen LogP contribution in [-0.4, -0.2) is 34.4 Å². The summed E-state index contributed by atoms with van der Waals surface area (Å²) in [5.41, 5.74) is -2.13. The molecule has 1 unspecified atom stereocenters. The number of rotatable bonds is 2. The Kier molecular flexibility index (Phi) is 3.11. The lowest BCUT2D eigenvalue weighted by atomic mass is 9.86. The SMILES string of the molecule is Cc1noc(C2(C(F)(F)F)CCN(c3ccccn3)C2)n1. The highest BCUT2D eigenvalue weighted by Crippen LogP contribution is 2.47. The van der Waals surface area contributed by atoms with Crippen molar-refractivity contribution in [2.24, 2.45) is 0 Å². The lowest BCUT2D eigenvalue weighted by Gasteiger charge is -2.28. The normalized spacial score (nSPS) is 22.8. The molecule has 2 aromatic heterocycles. The molecule has 0 bridgehead atoms. The van der Waals surface area contributed by atoms with Gasteiger partial charge in [-0.25, -0.2) is 4.98 Å². The maximum absolute atomic E-state index is 13.6. The fourth-order valence-electron chi connectivity index (χ4n) is 2.56. The van der Waals surface area contributed by atoms with Gasteiger partial charge in [-0.15, -0.1) is 0 Å². The lowest BCUT2D eigenvalue weighted by Crippen LogP contribution is -2.45. The number of nitrogens with zero attached hydrogens (tertiary/aromatic N) is 4. The van der Waals surface area contributed by atoms with Gasteiger partial charge in [0.05, 0.1) is 0 Å². The van der Waals surface area contributed by atoms with Crippen LogP contribution in [0.2, 0.25) is 0 Å². The fourth-order valence-corrected chi connectivity index (χ4v) is 2.56. The number of aryl methyl sites for hydroxylation is 1. The van der Waals surface area contributed by atoms with Crippen molar-refractivity contribution < 1.29 is 17.7 Å². The standard InChI is InChI=1S/C13H13F3N4O/c1-9-18-11(21-19-9)12(13(14,15)16)5-7-20(8-12)10-4-2-3-6-17-10/h2-4,6H,5,7-8H2,1H3. The number of hydrogen-bond acceptors (Lipinski definition) is 5. The molecule has 5 nitrogen and oxygen atoms in total. The molecule has 0 aromatic carbocycles. The smallest absolute Gasteiger partial charge is 0.355 e. The molecular weight excluding hydrogens is 285 g/mol. The zero-order chi connectivity index (χ0) is 15.1. The van der Waals surface area contributed by atoms with Gasteiger partial charge in [0.15, 0.2) is 11.2 Å². The Bertz CT molecular complexity index is 628. The van der Waals surface area contributed by atoms with Crippen molar-refractivity contribution in [3.8, 4) is 0 Å². The number of alkyl halides is 3. The Morgan fingerprint density at radius 1 is 1.33 bits per heavy atom. The third-order valence-electron chi connectivity index (χ3n) is 3.72. The Labute approximate surface area is 118 Å². The van der Waals surface area contributed by atoms with E-state index in [1.165, 1.54) is 6.92 Å². The van der Waals surface area contributed by atoms with E-state index in [-0.39, 0.29) is 31.2 Å². The molecule has 2 aromatic rings. The first kappa shape index (κ1) is 13.8. The maximum Gasteiger partial charge on any atom is 0.405 e. The Hall–Kier alpha value is -2.12. The minimum absolute atomic E-state index is 0.130. The highest BCUT2D eigenvalue weighted by Gasteiger charge is 2.63. The molecule has 0 saturated carbocycles. The summed E-state index contributed by atoms with van der Waals surface area (Å²) < 4.78 is 45.7. The number of aromatic nitrogens is 3. The minimum atomic E-state index is -4.46. The fraction of sp³-hybridized carbons (Fsp3) is 0.462. The summed E-state index contributed by atoms with van der Waals surface area (Å²) in [6, 6.07) is 5.15. The summed E-state index contributed by atoms with van der Waals surface area (Å²) in [5.74, 6) is 0.343. The van der Waals surface area contributed by atoms with Crippen LogP contribution in [0.5, 0.6) is 0 Å². The van der Waals surface area contributed by atoms with Gasteiger partial charge in [-0.05, 0) is 25.5 Å². The molecule has 1 atom stereocenters. The number of hydrogen-bond donors (Lipinski definition) is 0. The molecule has 0 aliphatic carbocycles. The summed E-state index contributed by atoms with van der Waals surface area (Å²) in [6.07, 6.45) is -3.04. The van der Waals surface area contributed by atoms with Gasteiger partial charge < -0.3 is 9.42 Å². The summed E-state index contributed by atoms with van der Waals surface area (Å²) in [6.45, 7) is 1.47. The topological polar surface area (TPSA) is 55.1 Å². The molecule has 1 aliphatic heterocycles. The van der Waals surface area contributed by atoms with Crippen LogP contribution in [0.4, 0.5) is 19.0 Å². The molecule has 0 radical (unpaired) electrons. The molecule has 8 heteroatoms. The quantitative estimate of drug-likeness (QED) is 0.852. The van der Waals surface area contributed by atoms with Crippen LogP contribution in [0.1, 0.15) is 18.1 Å². The zero-order valence-corrected chi connectivity index (χ0v) is 11.3. The number of anilines is 1. The summed E-state index contributed by atoms with van der Waals surface area (Å²) in [5, 5.41) is 3.50. The molecule has 1 saturated heterocycles. The van der Waals surface area contributed by atoms with Crippen LogP contribution in [0.3, 0.4) is 0 Å². The Balaban J connectivity index is 1.97. The van der Waals surface area contributed by atoms with Crippen molar-refractivity contribution in [2.45, 2.75) is 24.9 Å². The average molecular weight is 298 g/mol. The highest BCUT2D eigenvalue weighted by molar-refractivity contribution is 5.42. The second kappa shape index (κ2) is 4.71. The van der Waals surface area contributed by atoms with Crippen LogP contribution in [0.25, 0.3) is 0 Å². The van der Waals surface area contributed by atoms with E-state index in [1.807, 2.05) is 0 Å². The van der Waals surface area contributed by atoms with Gasteiger partial charge in [0.1, 0.15) is 5.82 Å². The molecule has 21 heavy (non-hydrogen) atoms. The first-order valence-electron chi connectivity index (χ1n) is 6.46. The third kappa shape index (κ3) is 2.24. The Morgan fingerprint density at radius 3 is 2.71 bits per heavy atom. The predicted octanol–water partition coefficient (Wildman–Crippen LogP) is 2.48. The van der Waals surface area contributed by atoms with Gasteiger partial charge in [0.2, 0.25) is 5.89 Å². The minimum Gasteiger partial charge on any atom is -0.355 e. The monoisotopic (exact) mass is 298 g/mol. The van der Waals surface area contributed by atoms with Crippen molar-refractivity contribution in [1.29, 1.82) is 0 Å². The third-order valence-corrected chi connectivity index (χ3v) is 3.72. The van der Waals surface area contributed by atoms with Crippen molar-refractivity contribution in [2.75, 3.05) is 18.0 Å². The van der Waals surface area contributed by atoms with Gasteiger partial charge in [-0.3, -0.25) is 0 Å². The Morgan fingerprint density at radius 2 is 2.14 bits per heavy atom. The molecule has 3 rings (SSSR count). The van der Waals surface area contributed by atoms with E-state index in [9.17, 15) is 13.2 Å². The van der Waals surface area contributed by atoms with E-state index in [4.69, 9.17) is 4.52 Å². The van der Waals surface area contributed by atoms with Crippen LogP contribution >= 0.6 is 0 Å². The molecule has 1 aliphatic rings. The molecule has 3 heterocycles. The van der Waals surface area contributed by atoms with Gasteiger partial charge >= 0.3 is 6.18 Å². The summed E-state index contributed by atoms with van der Waals surface area (Å²) in [7, 11) is 0.